The van der Waals surface area contributed by atoms with E-state index in [9.17, 15) is 0 Å². The number of aryl methyl sites for hydroxylation is 1. The van der Waals surface area contributed by atoms with Crippen molar-refractivity contribution in [3.63, 3.8) is 0 Å². The quantitative estimate of drug-likeness (QED) is 0.876. The number of hydrogen-bond acceptors (Lipinski definition) is 3. The van der Waals surface area contributed by atoms with E-state index in [0.717, 1.165) is 17.2 Å². The summed E-state index contributed by atoms with van der Waals surface area (Å²) in [5.41, 5.74) is 8.82. The Morgan fingerprint density at radius 1 is 1.18 bits per heavy atom. The zero-order chi connectivity index (χ0) is 12.3. The molecule has 1 heterocycles. The predicted octanol–water partition coefficient (Wildman–Crippen LogP) is 2.40. The molecule has 0 radical (unpaired) electrons. The third-order valence-corrected chi connectivity index (χ3v) is 2.86. The fourth-order valence-corrected chi connectivity index (χ4v) is 1.89. The molecule has 1 aromatic carbocycles. The minimum atomic E-state index is 0.267. The van der Waals surface area contributed by atoms with Crippen molar-refractivity contribution in [2.24, 2.45) is 5.73 Å². The fourth-order valence-electron chi connectivity index (χ4n) is 1.89. The molecule has 17 heavy (non-hydrogen) atoms. The van der Waals surface area contributed by atoms with E-state index in [1.807, 2.05) is 31.2 Å². The molecule has 1 atom stereocenters. The predicted molar refractivity (Wildman–Crippen MR) is 68.6 cm³/mol. The standard InChI is InChI=1S/C14H17N3/c1-10(12-6-4-3-5-7-12)14-8-13(9-15)16-11(2)17-14/h3-8,10H,9,15H2,1-2H3/t10-/m1/s1. The molecule has 1 aromatic heterocycles. The van der Waals surface area contributed by atoms with Gasteiger partial charge in [0, 0.05) is 12.5 Å². The summed E-state index contributed by atoms with van der Waals surface area (Å²) in [6, 6.07) is 12.3. The fraction of sp³-hybridized carbons (Fsp3) is 0.286. The molecular formula is C14H17N3. The van der Waals surface area contributed by atoms with Crippen molar-refractivity contribution < 1.29 is 0 Å². The first-order valence-corrected chi connectivity index (χ1v) is 5.80. The van der Waals surface area contributed by atoms with Gasteiger partial charge in [-0.25, -0.2) is 9.97 Å². The van der Waals surface area contributed by atoms with Crippen molar-refractivity contribution >= 4 is 0 Å². The van der Waals surface area contributed by atoms with Gasteiger partial charge in [0.1, 0.15) is 5.82 Å². The van der Waals surface area contributed by atoms with E-state index >= 15 is 0 Å². The van der Waals surface area contributed by atoms with Crippen LogP contribution in [0.3, 0.4) is 0 Å². The minimum Gasteiger partial charge on any atom is -0.325 e. The molecule has 0 spiro atoms. The van der Waals surface area contributed by atoms with Crippen LogP contribution in [0.15, 0.2) is 36.4 Å². The summed E-state index contributed by atoms with van der Waals surface area (Å²) in [5, 5.41) is 0. The van der Waals surface area contributed by atoms with Crippen LogP contribution in [0.5, 0.6) is 0 Å². The maximum atomic E-state index is 5.64. The van der Waals surface area contributed by atoms with Crippen molar-refractivity contribution in [2.75, 3.05) is 0 Å². The molecule has 88 valence electrons. The van der Waals surface area contributed by atoms with Gasteiger partial charge in [0.25, 0.3) is 0 Å². The van der Waals surface area contributed by atoms with Gasteiger partial charge >= 0.3 is 0 Å². The molecule has 0 saturated carbocycles. The average molecular weight is 227 g/mol. The highest BCUT2D eigenvalue weighted by Crippen LogP contribution is 2.22. The third kappa shape index (κ3) is 2.68. The van der Waals surface area contributed by atoms with E-state index in [0.29, 0.717) is 6.54 Å². The second kappa shape index (κ2) is 5.06. The maximum absolute atomic E-state index is 5.64. The Morgan fingerprint density at radius 3 is 2.53 bits per heavy atom. The Labute approximate surface area is 102 Å². The van der Waals surface area contributed by atoms with Crippen molar-refractivity contribution in [3.05, 3.63) is 59.2 Å². The molecule has 0 amide bonds. The largest absolute Gasteiger partial charge is 0.325 e. The molecule has 3 heteroatoms. The van der Waals surface area contributed by atoms with Crippen molar-refractivity contribution in [1.82, 2.24) is 9.97 Å². The normalized spacial score (nSPS) is 12.4. The molecule has 2 N–H and O–H groups in total. The molecular weight excluding hydrogens is 210 g/mol. The van der Waals surface area contributed by atoms with E-state index in [1.165, 1.54) is 5.56 Å². The van der Waals surface area contributed by atoms with Gasteiger partial charge in [0.15, 0.2) is 0 Å². The third-order valence-electron chi connectivity index (χ3n) is 2.86. The molecule has 3 nitrogen and oxygen atoms in total. The van der Waals surface area contributed by atoms with Gasteiger partial charge in [0.05, 0.1) is 11.4 Å². The van der Waals surface area contributed by atoms with Gasteiger partial charge < -0.3 is 5.73 Å². The first kappa shape index (κ1) is 11.7. The number of aromatic nitrogens is 2. The van der Waals surface area contributed by atoms with Crippen LogP contribution in [0.25, 0.3) is 0 Å². The highest BCUT2D eigenvalue weighted by atomic mass is 14.9. The van der Waals surface area contributed by atoms with E-state index in [2.05, 4.69) is 29.0 Å². The lowest BCUT2D eigenvalue weighted by Crippen LogP contribution is -2.07. The molecule has 0 aliphatic rings. The Bertz CT molecular complexity index is 494. The van der Waals surface area contributed by atoms with Gasteiger partial charge in [-0.15, -0.1) is 0 Å². The van der Waals surface area contributed by atoms with Crippen molar-refractivity contribution in [2.45, 2.75) is 26.3 Å². The summed E-state index contributed by atoms with van der Waals surface area (Å²) in [6.45, 7) is 4.51. The van der Waals surface area contributed by atoms with Crippen LogP contribution in [-0.4, -0.2) is 9.97 Å². The van der Waals surface area contributed by atoms with Gasteiger partial charge in [-0.2, -0.15) is 0 Å². The van der Waals surface area contributed by atoms with E-state index < -0.39 is 0 Å². The van der Waals surface area contributed by atoms with Crippen LogP contribution in [-0.2, 0) is 6.54 Å². The van der Waals surface area contributed by atoms with Crippen LogP contribution in [0, 0.1) is 6.92 Å². The highest BCUT2D eigenvalue weighted by molar-refractivity contribution is 5.28. The first-order chi connectivity index (χ1) is 8.20. The zero-order valence-corrected chi connectivity index (χ0v) is 10.2. The number of hydrogen-bond donors (Lipinski definition) is 1. The Hall–Kier alpha value is -1.74. The molecule has 0 aliphatic carbocycles. The monoisotopic (exact) mass is 227 g/mol. The van der Waals surface area contributed by atoms with Crippen LogP contribution < -0.4 is 5.73 Å². The molecule has 2 rings (SSSR count). The van der Waals surface area contributed by atoms with Gasteiger partial charge in [-0.3, -0.25) is 0 Å². The topological polar surface area (TPSA) is 51.8 Å². The van der Waals surface area contributed by atoms with Crippen molar-refractivity contribution in [1.29, 1.82) is 0 Å². The highest BCUT2D eigenvalue weighted by Gasteiger charge is 2.11. The SMILES string of the molecule is Cc1nc(CN)cc([C@H](C)c2ccccc2)n1. The zero-order valence-electron chi connectivity index (χ0n) is 10.2. The Balaban J connectivity index is 2.37. The van der Waals surface area contributed by atoms with Gasteiger partial charge in [-0.05, 0) is 18.6 Å². The Kier molecular flexibility index (Phi) is 3.49. The summed E-state index contributed by atoms with van der Waals surface area (Å²) in [7, 11) is 0. The summed E-state index contributed by atoms with van der Waals surface area (Å²) < 4.78 is 0. The van der Waals surface area contributed by atoms with E-state index in [1.54, 1.807) is 0 Å². The van der Waals surface area contributed by atoms with Crippen LogP contribution in [0.4, 0.5) is 0 Å². The maximum Gasteiger partial charge on any atom is 0.125 e. The molecule has 2 aromatic rings. The average Bonchev–Trinajstić information content (AvgIpc) is 2.38. The van der Waals surface area contributed by atoms with Gasteiger partial charge in [0.2, 0.25) is 0 Å². The van der Waals surface area contributed by atoms with E-state index in [4.69, 9.17) is 5.73 Å². The van der Waals surface area contributed by atoms with Gasteiger partial charge in [-0.1, -0.05) is 37.3 Å². The van der Waals surface area contributed by atoms with Crippen LogP contribution >= 0.6 is 0 Å². The van der Waals surface area contributed by atoms with Crippen LogP contribution in [0.2, 0.25) is 0 Å². The molecule has 0 unspecified atom stereocenters. The minimum absolute atomic E-state index is 0.267. The lowest BCUT2D eigenvalue weighted by Gasteiger charge is -2.12. The van der Waals surface area contributed by atoms with Crippen molar-refractivity contribution in [3.8, 4) is 0 Å². The number of rotatable bonds is 3. The molecule has 0 fully saturated rings. The first-order valence-electron chi connectivity index (χ1n) is 5.80. The Morgan fingerprint density at radius 2 is 1.88 bits per heavy atom. The van der Waals surface area contributed by atoms with E-state index in [-0.39, 0.29) is 5.92 Å². The summed E-state index contributed by atoms with van der Waals surface area (Å²) in [5.74, 6) is 1.05. The number of nitrogens with zero attached hydrogens (tertiary/aromatic N) is 2. The molecule has 0 saturated heterocycles. The summed E-state index contributed by atoms with van der Waals surface area (Å²) in [6.07, 6.45) is 0. The second-order valence-electron chi connectivity index (χ2n) is 4.17. The molecule has 0 bridgehead atoms. The summed E-state index contributed by atoms with van der Waals surface area (Å²) in [4.78, 5) is 8.78. The number of benzene rings is 1. The smallest absolute Gasteiger partial charge is 0.125 e. The lowest BCUT2D eigenvalue weighted by molar-refractivity contribution is 0.817. The lowest BCUT2D eigenvalue weighted by atomic mass is 9.97. The molecule has 0 aliphatic heterocycles. The number of nitrogens with two attached hydrogens (primary N) is 1. The second-order valence-corrected chi connectivity index (χ2v) is 4.17. The summed E-state index contributed by atoms with van der Waals surface area (Å²) >= 11 is 0. The van der Waals surface area contributed by atoms with Crippen LogP contribution in [0.1, 0.15) is 35.6 Å².